The molecule has 0 unspecified atom stereocenters. The van der Waals surface area contributed by atoms with E-state index in [0.29, 0.717) is 17.3 Å². The first-order chi connectivity index (χ1) is 12.8. The van der Waals surface area contributed by atoms with Gasteiger partial charge in [-0.15, -0.1) is 0 Å². The van der Waals surface area contributed by atoms with Crippen LogP contribution in [0.4, 0.5) is 5.69 Å². The van der Waals surface area contributed by atoms with Crippen molar-refractivity contribution in [3.05, 3.63) is 77.3 Å². The predicted molar refractivity (Wildman–Crippen MR) is 109 cm³/mol. The highest BCUT2D eigenvalue weighted by atomic mass is 35.5. The van der Waals surface area contributed by atoms with Gasteiger partial charge in [0.1, 0.15) is 6.54 Å². The maximum Gasteiger partial charge on any atom is 0.241 e. The van der Waals surface area contributed by atoms with Crippen LogP contribution >= 0.6 is 11.6 Å². The van der Waals surface area contributed by atoms with Crippen molar-refractivity contribution in [2.45, 2.75) is 6.54 Å². The topological polar surface area (TPSA) is 66.5 Å². The molecule has 0 aliphatic heterocycles. The average molecular weight is 403 g/mol. The molecule has 0 fully saturated rings. The Morgan fingerprint density at radius 2 is 1.67 bits per heavy atom. The molecule has 3 aromatic rings. The predicted octanol–water partition coefficient (Wildman–Crippen LogP) is 3.58. The molecule has 0 bridgehead atoms. The van der Waals surface area contributed by atoms with Gasteiger partial charge in [-0.25, -0.2) is 8.42 Å². The first-order valence-corrected chi connectivity index (χ1v) is 10.5. The molecular formula is C20H19ClN2O3S. The third-order valence-corrected chi connectivity index (χ3v) is 5.50. The SMILES string of the molecule is CS(=O)(=O)N(CC(=O)NCc1ccc2ccccc2c1)c1ccc(Cl)cc1. The quantitative estimate of drug-likeness (QED) is 0.685. The van der Waals surface area contributed by atoms with E-state index in [0.717, 1.165) is 26.9 Å². The van der Waals surface area contributed by atoms with Gasteiger partial charge < -0.3 is 5.32 Å². The van der Waals surface area contributed by atoms with Crippen LogP contribution in [0, 0.1) is 0 Å². The third-order valence-electron chi connectivity index (χ3n) is 4.11. The number of rotatable bonds is 6. The van der Waals surface area contributed by atoms with Crippen molar-refractivity contribution in [1.29, 1.82) is 0 Å². The van der Waals surface area contributed by atoms with Gasteiger partial charge in [-0.1, -0.05) is 48.0 Å². The number of hydrogen-bond acceptors (Lipinski definition) is 3. The van der Waals surface area contributed by atoms with E-state index in [1.54, 1.807) is 24.3 Å². The molecular weight excluding hydrogens is 384 g/mol. The first-order valence-electron chi connectivity index (χ1n) is 8.30. The van der Waals surface area contributed by atoms with Crippen LogP contribution < -0.4 is 9.62 Å². The van der Waals surface area contributed by atoms with E-state index in [4.69, 9.17) is 11.6 Å². The summed E-state index contributed by atoms with van der Waals surface area (Å²) in [5, 5.41) is 5.48. The average Bonchev–Trinajstić information content (AvgIpc) is 2.64. The van der Waals surface area contributed by atoms with Crippen LogP contribution in [-0.2, 0) is 21.4 Å². The summed E-state index contributed by atoms with van der Waals surface area (Å²) in [6.45, 7) is 0.0237. The maximum absolute atomic E-state index is 12.3. The van der Waals surface area contributed by atoms with E-state index in [2.05, 4.69) is 5.32 Å². The standard InChI is InChI=1S/C20H19ClN2O3S/c1-27(25,26)23(19-10-8-18(21)9-11-19)14-20(24)22-13-15-6-7-16-4-2-3-5-17(16)12-15/h2-12H,13-14H2,1H3,(H,22,24). The summed E-state index contributed by atoms with van der Waals surface area (Å²) in [6, 6.07) is 20.2. The highest BCUT2D eigenvalue weighted by Crippen LogP contribution is 2.20. The molecule has 0 spiro atoms. The van der Waals surface area contributed by atoms with Crippen LogP contribution in [0.2, 0.25) is 5.02 Å². The lowest BCUT2D eigenvalue weighted by Crippen LogP contribution is -2.40. The molecule has 0 radical (unpaired) electrons. The molecule has 27 heavy (non-hydrogen) atoms. The summed E-state index contributed by atoms with van der Waals surface area (Å²) >= 11 is 5.85. The first kappa shape index (κ1) is 19.2. The molecule has 0 aromatic heterocycles. The maximum atomic E-state index is 12.3. The molecule has 3 rings (SSSR count). The lowest BCUT2D eigenvalue weighted by molar-refractivity contribution is -0.119. The van der Waals surface area contributed by atoms with Gasteiger partial charge in [-0.05, 0) is 46.7 Å². The fourth-order valence-corrected chi connectivity index (χ4v) is 3.73. The summed E-state index contributed by atoms with van der Waals surface area (Å²) in [5.74, 6) is -0.386. The molecule has 1 N–H and O–H groups in total. The second-order valence-electron chi connectivity index (χ2n) is 6.20. The van der Waals surface area contributed by atoms with Gasteiger partial charge in [0.15, 0.2) is 0 Å². The second-order valence-corrected chi connectivity index (χ2v) is 8.55. The van der Waals surface area contributed by atoms with Gasteiger partial charge in [0.05, 0.1) is 11.9 Å². The smallest absolute Gasteiger partial charge is 0.241 e. The Labute approximate surface area is 163 Å². The summed E-state index contributed by atoms with van der Waals surface area (Å²) in [6.07, 6.45) is 1.07. The number of halogens is 1. The molecule has 7 heteroatoms. The van der Waals surface area contributed by atoms with Gasteiger partial charge in [-0.3, -0.25) is 9.10 Å². The van der Waals surface area contributed by atoms with Crippen molar-refractivity contribution in [3.8, 4) is 0 Å². The number of nitrogens with zero attached hydrogens (tertiary/aromatic N) is 1. The Kier molecular flexibility index (Phi) is 5.68. The highest BCUT2D eigenvalue weighted by Gasteiger charge is 2.20. The van der Waals surface area contributed by atoms with E-state index >= 15 is 0 Å². The Hall–Kier alpha value is -2.57. The van der Waals surface area contributed by atoms with E-state index in [9.17, 15) is 13.2 Å². The van der Waals surface area contributed by atoms with Crippen molar-refractivity contribution in [3.63, 3.8) is 0 Å². The van der Waals surface area contributed by atoms with Gasteiger partial charge in [0.25, 0.3) is 0 Å². The zero-order chi connectivity index (χ0) is 19.4. The van der Waals surface area contributed by atoms with Crippen molar-refractivity contribution in [2.24, 2.45) is 0 Å². The van der Waals surface area contributed by atoms with Crippen LogP contribution in [0.5, 0.6) is 0 Å². The van der Waals surface area contributed by atoms with Gasteiger partial charge in [0, 0.05) is 11.6 Å². The van der Waals surface area contributed by atoms with E-state index in [1.165, 1.54) is 0 Å². The molecule has 0 heterocycles. The molecule has 0 saturated carbocycles. The van der Waals surface area contributed by atoms with Gasteiger partial charge >= 0.3 is 0 Å². The molecule has 0 aliphatic carbocycles. The largest absolute Gasteiger partial charge is 0.350 e. The van der Waals surface area contributed by atoms with Crippen molar-refractivity contribution >= 4 is 44.0 Å². The van der Waals surface area contributed by atoms with Crippen molar-refractivity contribution in [1.82, 2.24) is 5.32 Å². The highest BCUT2D eigenvalue weighted by molar-refractivity contribution is 7.92. The minimum absolute atomic E-state index is 0.298. The normalized spacial score (nSPS) is 11.3. The van der Waals surface area contributed by atoms with Crippen LogP contribution in [0.1, 0.15) is 5.56 Å². The minimum atomic E-state index is -3.61. The van der Waals surface area contributed by atoms with Crippen LogP contribution in [0.15, 0.2) is 66.7 Å². The lowest BCUT2D eigenvalue weighted by atomic mass is 10.1. The summed E-state index contributed by atoms with van der Waals surface area (Å²) in [4.78, 5) is 12.3. The van der Waals surface area contributed by atoms with Crippen LogP contribution in [0.3, 0.4) is 0 Å². The number of nitrogens with one attached hydrogen (secondary N) is 1. The summed E-state index contributed by atoms with van der Waals surface area (Å²) < 4.78 is 25.2. The molecule has 3 aromatic carbocycles. The van der Waals surface area contributed by atoms with Crippen LogP contribution in [-0.4, -0.2) is 27.1 Å². The molecule has 5 nitrogen and oxygen atoms in total. The number of fused-ring (bicyclic) bond motifs is 1. The summed E-state index contributed by atoms with van der Waals surface area (Å²) in [7, 11) is -3.61. The lowest BCUT2D eigenvalue weighted by Gasteiger charge is -2.22. The molecule has 1 amide bonds. The molecule has 0 atom stereocenters. The Morgan fingerprint density at radius 1 is 1.00 bits per heavy atom. The number of sulfonamides is 1. The number of anilines is 1. The monoisotopic (exact) mass is 402 g/mol. The number of hydrogen-bond donors (Lipinski definition) is 1. The van der Waals surface area contributed by atoms with Gasteiger partial charge in [-0.2, -0.15) is 0 Å². The number of carbonyl (C=O) groups excluding carboxylic acids is 1. The Bertz CT molecular complexity index is 1070. The van der Waals surface area contributed by atoms with Crippen LogP contribution in [0.25, 0.3) is 10.8 Å². The number of carbonyl (C=O) groups is 1. The Morgan fingerprint density at radius 3 is 2.33 bits per heavy atom. The van der Waals surface area contributed by atoms with Crippen molar-refractivity contribution in [2.75, 3.05) is 17.1 Å². The van der Waals surface area contributed by atoms with Gasteiger partial charge in [0.2, 0.25) is 15.9 Å². The minimum Gasteiger partial charge on any atom is -0.350 e. The van der Waals surface area contributed by atoms with E-state index < -0.39 is 10.0 Å². The zero-order valence-electron chi connectivity index (χ0n) is 14.7. The summed E-state index contributed by atoms with van der Waals surface area (Å²) in [5.41, 5.74) is 1.34. The fourth-order valence-electron chi connectivity index (χ4n) is 2.74. The zero-order valence-corrected chi connectivity index (χ0v) is 16.3. The van der Waals surface area contributed by atoms with Crippen molar-refractivity contribution < 1.29 is 13.2 Å². The molecule has 0 aliphatic rings. The molecule has 140 valence electrons. The number of amides is 1. The second kappa shape index (κ2) is 7.98. The van der Waals surface area contributed by atoms with E-state index in [-0.39, 0.29) is 12.5 Å². The number of benzene rings is 3. The Balaban J connectivity index is 1.69. The third kappa shape index (κ3) is 4.99. The fraction of sp³-hybridized carbons (Fsp3) is 0.150. The molecule has 0 saturated heterocycles. The van der Waals surface area contributed by atoms with E-state index in [1.807, 2.05) is 42.5 Å².